The van der Waals surface area contributed by atoms with Crippen molar-refractivity contribution in [3.63, 3.8) is 0 Å². The van der Waals surface area contributed by atoms with E-state index in [2.05, 4.69) is 6.92 Å². The summed E-state index contributed by atoms with van der Waals surface area (Å²) in [6.07, 6.45) is 30.5. The van der Waals surface area contributed by atoms with Crippen LogP contribution in [0.3, 0.4) is 0 Å². The summed E-state index contributed by atoms with van der Waals surface area (Å²) < 4.78 is 0. The van der Waals surface area contributed by atoms with E-state index < -0.39 is 0 Å². The molecule has 0 aliphatic heterocycles. The summed E-state index contributed by atoms with van der Waals surface area (Å²) in [6, 6.07) is 15.2. The minimum absolute atomic E-state index is 0.178. The Morgan fingerprint density at radius 1 is 0.474 bits per heavy atom. The van der Waals surface area contributed by atoms with Crippen molar-refractivity contribution in [3.05, 3.63) is 59.7 Å². The van der Waals surface area contributed by atoms with Gasteiger partial charge in [0.05, 0.1) is 0 Å². The van der Waals surface area contributed by atoms with E-state index in [9.17, 15) is 10.2 Å². The highest BCUT2D eigenvalue weighted by atomic mass is 16.3. The van der Waals surface area contributed by atoms with E-state index >= 15 is 0 Å². The fraction of sp³-hybridized carbons (Fsp3) is 0.667. The maximum absolute atomic E-state index is 10.4. The lowest BCUT2D eigenvalue weighted by molar-refractivity contribution is 0.459. The third-order valence-corrected chi connectivity index (χ3v) is 8.20. The molecule has 2 nitrogen and oxygen atoms in total. The van der Waals surface area contributed by atoms with E-state index in [1.165, 1.54) is 135 Å². The lowest BCUT2D eigenvalue weighted by Gasteiger charge is -2.19. The van der Waals surface area contributed by atoms with Gasteiger partial charge in [-0.1, -0.05) is 172 Å². The number of phenols is 2. The van der Waals surface area contributed by atoms with Gasteiger partial charge in [-0.25, -0.2) is 0 Å². The minimum atomic E-state index is 0.178. The zero-order valence-electron chi connectivity index (χ0n) is 24.6. The summed E-state index contributed by atoms with van der Waals surface area (Å²) in [4.78, 5) is 0. The first-order valence-corrected chi connectivity index (χ1v) is 16.3. The van der Waals surface area contributed by atoms with Gasteiger partial charge in [0.1, 0.15) is 11.5 Å². The highest BCUT2D eigenvalue weighted by Crippen LogP contribution is 2.35. The van der Waals surface area contributed by atoms with Gasteiger partial charge in [0.2, 0.25) is 0 Å². The number of hydrogen-bond donors (Lipinski definition) is 2. The molecule has 0 spiro atoms. The largest absolute Gasteiger partial charge is 0.508 e. The number of aromatic hydroxyl groups is 2. The summed E-state index contributed by atoms with van der Waals surface area (Å²) >= 11 is 0. The van der Waals surface area contributed by atoms with Crippen LogP contribution in [0.2, 0.25) is 0 Å². The SMILES string of the molecule is CCCCCCCCCCCCCCCCCCCCCCCC(c1ccc(O)cc1)c1ccccc1O. The predicted octanol–water partition coefficient (Wildman–Crippen LogP) is 11.8. The molecule has 38 heavy (non-hydrogen) atoms. The van der Waals surface area contributed by atoms with Crippen molar-refractivity contribution < 1.29 is 10.2 Å². The van der Waals surface area contributed by atoms with Gasteiger partial charge in [0, 0.05) is 11.5 Å². The maximum atomic E-state index is 10.4. The Balaban J connectivity index is 1.42. The minimum Gasteiger partial charge on any atom is -0.508 e. The Bertz CT molecular complexity index is 797. The topological polar surface area (TPSA) is 40.5 Å². The number of para-hydroxylation sites is 1. The smallest absolute Gasteiger partial charge is 0.119 e. The Hall–Kier alpha value is -1.96. The molecule has 0 bridgehead atoms. The van der Waals surface area contributed by atoms with Crippen LogP contribution in [0.15, 0.2) is 48.5 Å². The zero-order valence-corrected chi connectivity index (χ0v) is 24.6. The summed E-state index contributed by atoms with van der Waals surface area (Å²) in [5.74, 6) is 0.838. The van der Waals surface area contributed by atoms with Crippen LogP contribution >= 0.6 is 0 Å². The molecule has 2 rings (SSSR count). The van der Waals surface area contributed by atoms with Crippen LogP contribution in [-0.2, 0) is 0 Å². The van der Waals surface area contributed by atoms with Crippen molar-refractivity contribution in [2.75, 3.05) is 0 Å². The molecule has 214 valence electrons. The van der Waals surface area contributed by atoms with E-state index in [0.29, 0.717) is 11.5 Å². The number of rotatable bonds is 24. The van der Waals surface area contributed by atoms with Crippen LogP contribution in [0.25, 0.3) is 0 Å². The molecule has 0 heterocycles. The maximum Gasteiger partial charge on any atom is 0.119 e. The van der Waals surface area contributed by atoms with E-state index in [1.54, 1.807) is 18.2 Å². The second kappa shape index (κ2) is 21.9. The van der Waals surface area contributed by atoms with Crippen molar-refractivity contribution in [3.8, 4) is 11.5 Å². The van der Waals surface area contributed by atoms with Crippen LogP contribution in [0.4, 0.5) is 0 Å². The molecule has 1 unspecified atom stereocenters. The first kappa shape index (κ1) is 32.3. The average Bonchev–Trinajstić information content (AvgIpc) is 2.93. The molecule has 0 aromatic heterocycles. The highest BCUT2D eigenvalue weighted by molar-refractivity contribution is 5.42. The summed E-state index contributed by atoms with van der Waals surface area (Å²) in [6.45, 7) is 2.29. The fourth-order valence-electron chi connectivity index (χ4n) is 5.77. The van der Waals surface area contributed by atoms with E-state index in [-0.39, 0.29) is 5.92 Å². The third kappa shape index (κ3) is 14.8. The number of benzene rings is 2. The molecule has 0 fully saturated rings. The van der Waals surface area contributed by atoms with E-state index in [1.807, 2.05) is 30.3 Å². The Labute approximate surface area is 235 Å². The second-order valence-electron chi connectivity index (χ2n) is 11.6. The lowest BCUT2D eigenvalue weighted by atomic mass is 9.86. The lowest BCUT2D eigenvalue weighted by Crippen LogP contribution is -2.02. The Morgan fingerprint density at radius 3 is 1.29 bits per heavy atom. The van der Waals surface area contributed by atoms with Gasteiger partial charge in [0.25, 0.3) is 0 Å². The molecule has 2 aromatic rings. The summed E-state index contributed by atoms with van der Waals surface area (Å²) in [5.41, 5.74) is 2.16. The van der Waals surface area contributed by atoms with Gasteiger partial charge in [-0.05, 0) is 30.2 Å². The van der Waals surface area contributed by atoms with E-state index in [4.69, 9.17) is 0 Å². The van der Waals surface area contributed by atoms with Crippen LogP contribution < -0.4 is 0 Å². The van der Waals surface area contributed by atoms with Gasteiger partial charge < -0.3 is 10.2 Å². The second-order valence-corrected chi connectivity index (χ2v) is 11.6. The molecule has 0 aliphatic carbocycles. The molecule has 0 aliphatic rings. The van der Waals surface area contributed by atoms with Gasteiger partial charge in [0.15, 0.2) is 0 Å². The van der Waals surface area contributed by atoms with Gasteiger partial charge in [-0.2, -0.15) is 0 Å². The van der Waals surface area contributed by atoms with E-state index in [0.717, 1.165) is 17.5 Å². The average molecular weight is 523 g/mol. The van der Waals surface area contributed by atoms with Crippen LogP contribution in [0.5, 0.6) is 11.5 Å². The molecule has 1 atom stereocenters. The van der Waals surface area contributed by atoms with Crippen LogP contribution in [0, 0.1) is 0 Å². The molecule has 0 radical (unpaired) electrons. The monoisotopic (exact) mass is 522 g/mol. The molecule has 2 N–H and O–H groups in total. The first-order chi connectivity index (χ1) is 18.7. The fourth-order valence-corrected chi connectivity index (χ4v) is 5.77. The number of hydrogen-bond acceptors (Lipinski definition) is 2. The quantitative estimate of drug-likeness (QED) is 0.135. The molecule has 2 aromatic carbocycles. The van der Waals surface area contributed by atoms with Crippen molar-refractivity contribution in [1.29, 1.82) is 0 Å². The first-order valence-electron chi connectivity index (χ1n) is 16.3. The van der Waals surface area contributed by atoms with Gasteiger partial charge >= 0.3 is 0 Å². The van der Waals surface area contributed by atoms with Gasteiger partial charge in [-0.15, -0.1) is 0 Å². The zero-order chi connectivity index (χ0) is 27.1. The van der Waals surface area contributed by atoms with Gasteiger partial charge in [-0.3, -0.25) is 0 Å². The van der Waals surface area contributed by atoms with Crippen molar-refractivity contribution in [2.45, 2.75) is 154 Å². The molecule has 0 saturated carbocycles. The Morgan fingerprint density at radius 2 is 0.868 bits per heavy atom. The molecule has 0 saturated heterocycles. The normalized spacial score (nSPS) is 12.1. The summed E-state index contributed by atoms with van der Waals surface area (Å²) in [5, 5.41) is 20.1. The predicted molar refractivity (Wildman–Crippen MR) is 165 cm³/mol. The van der Waals surface area contributed by atoms with Crippen molar-refractivity contribution in [1.82, 2.24) is 0 Å². The number of unbranched alkanes of at least 4 members (excludes halogenated alkanes) is 20. The standard InChI is InChI=1S/C36H58O2/c1-2-3-4-5-6-7-8-9-10-11-12-13-14-15-16-17-18-19-20-21-22-25-34(32-28-30-33(37)31-29-32)35-26-23-24-27-36(35)38/h23-24,26-31,34,37-38H,2-22,25H2,1H3. The molecular formula is C36H58O2. The molecule has 2 heteroatoms. The molecular weight excluding hydrogens is 464 g/mol. The number of phenolic OH excluding ortho intramolecular Hbond substituents is 2. The Kier molecular flexibility index (Phi) is 18.6. The summed E-state index contributed by atoms with van der Waals surface area (Å²) in [7, 11) is 0. The third-order valence-electron chi connectivity index (χ3n) is 8.20. The van der Waals surface area contributed by atoms with Crippen molar-refractivity contribution >= 4 is 0 Å². The van der Waals surface area contributed by atoms with Crippen LogP contribution in [0.1, 0.15) is 165 Å². The molecule has 0 amide bonds. The highest BCUT2D eigenvalue weighted by Gasteiger charge is 2.17. The van der Waals surface area contributed by atoms with Crippen molar-refractivity contribution in [2.24, 2.45) is 0 Å². The van der Waals surface area contributed by atoms with Crippen LogP contribution in [-0.4, -0.2) is 10.2 Å².